The number of hydrogen-bond donors (Lipinski definition) is 2. The third-order valence-electron chi connectivity index (χ3n) is 2.51. The molecule has 1 amide bonds. The van der Waals surface area contributed by atoms with E-state index in [0.717, 1.165) is 0 Å². The van der Waals surface area contributed by atoms with Gasteiger partial charge < -0.3 is 10.6 Å². The highest BCUT2D eigenvalue weighted by Crippen LogP contribution is 2.30. The van der Waals surface area contributed by atoms with Crippen LogP contribution in [0.15, 0.2) is 34.8 Å². The van der Waals surface area contributed by atoms with Crippen LogP contribution in [0.2, 0.25) is 10.2 Å². The second-order valence-corrected chi connectivity index (χ2v) is 5.46. The fourth-order valence-electron chi connectivity index (χ4n) is 1.55. The maximum atomic E-state index is 12.2. The molecular formula is C13H10BrCl2N3O. The number of nitrogens with zero attached hydrogens (tertiary/aromatic N) is 1. The van der Waals surface area contributed by atoms with Crippen molar-refractivity contribution in [3.05, 3.63) is 50.5 Å². The Labute approximate surface area is 134 Å². The zero-order valence-electron chi connectivity index (χ0n) is 10.4. The molecule has 0 atom stereocenters. The number of pyridine rings is 1. The topological polar surface area (TPSA) is 54.0 Å². The number of carbonyl (C=O) groups excluding carboxylic acids is 1. The van der Waals surface area contributed by atoms with Crippen LogP contribution in [-0.4, -0.2) is 17.9 Å². The van der Waals surface area contributed by atoms with Gasteiger partial charge in [0.15, 0.2) is 0 Å². The number of aromatic nitrogens is 1. The molecule has 4 nitrogen and oxygen atoms in total. The highest BCUT2D eigenvalue weighted by Gasteiger charge is 2.12. The number of benzene rings is 1. The van der Waals surface area contributed by atoms with E-state index in [1.54, 1.807) is 31.3 Å². The first kappa shape index (κ1) is 15.1. The lowest BCUT2D eigenvalue weighted by atomic mass is 10.2. The van der Waals surface area contributed by atoms with Crippen molar-refractivity contribution in [1.29, 1.82) is 0 Å². The van der Waals surface area contributed by atoms with Crippen LogP contribution in [0.3, 0.4) is 0 Å². The summed E-state index contributed by atoms with van der Waals surface area (Å²) in [6.45, 7) is 0. The Morgan fingerprint density at radius 3 is 2.75 bits per heavy atom. The molecule has 0 spiro atoms. The molecule has 2 aromatic rings. The summed E-state index contributed by atoms with van der Waals surface area (Å²) in [6, 6.07) is 8.33. The number of hydrogen-bond acceptors (Lipinski definition) is 3. The summed E-state index contributed by atoms with van der Waals surface area (Å²) >= 11 is 15.2. The van der Waals surface area contributed by atoms with Crippen LogP contribution >= 0.6 is 39.1 Å². The quantitative estimate of drug-likeness (QED) is 0.780. The number of rotatable bonds is 3. The van der Waals surface area contributed by atoms with Gasteiger partial charge in [0, 0.05) is 12.6 Å². The fraction of sp³-hybridized carbons (Fsp3) is 0.0769. The molecule has 1 aromatic carbocycles. The summed E-state index contributed by atoms with van der Waals surface area (Å²) in [5.41, 5.74) is 0.989. The zero-order chi connectivity index (χ0) is 14.7. The molecule has 0 aliphatic rings. The number of anilines is 2. The lowest BCUT2D eigenvalue weighted by Gasteiger charge is -2.09. The smallest absolute Gasteiger partial charge is 0.255 e. The van der Waals surface area contributed by atoms with Gasteiger partial charge in [-0.2, -0.15) is 0 Å². The van der Waals surface area contributed by atoms with Crippen molar-refractivity contribution in [3.63, 3.8) is 0 Å². The highest BCUT2D eigenvalue weighted by molar-refractivity contribution is 9.10. The van der Waals surface area contributed by atoms with Crippen LogP contribution in [0, 0.1) is 0 Å². The monoisotopic (exact) mass is 373 g/mol. The summed E-state index contributed by atoms with van der Waals surface area (Å²) in [7, 11) is 1.70. The number of halogens is 3. The van der Waals surface area contributed by atoms with Crippen molar-refractivity contribution >= 4 is 56.5 Å². The molecule has 0 saturated heterocycles. The van der Waals surface area contributed by atoms with Crippen LogP contribution in [0.5, 0.6) is 0 Å². The van der Waals surface area contributed by atoms with Crippen LogP contribution in [0.4, 0.5) is 11.5 Å². The van der Waals surface area contributed by atoms with E-state index in [9.17, 15) is 4.79 Å². The maximum Gasteiger partial charge on any atom is 0.255 e. The molecule has 20 heavy (non-hydrogen) atoms. The van der Waals surface area contributed by atoms with Crippen molar-refractivity contribution in [2.75, 3.05) is 17.7 Å². The molecule has 0 unspecified atom stereocenters. The van der Waals surface area contributed by atoms with Crippen molar-refractivity contribution < 1.29 is 4.79 Å². The van der Waals surface area contributed by atoms with Crippen LogP contribution in [-0.2, 0) is 0 Å². The van der Waals surface area contributed by atoms with E-state index in [1.165, 1.54) is 6.07 Å². The van der Waals surface area contributed by atoms with Gasteiger partial charge in [0.2, 0.25) is 0 Å². The Morgan fingerprint density at radius 2 is 2.05 bits per heavy atom. The van der Waals surface area contributed by atoms with E-state index in [2.05, 4.69) is 31.5 Å². The Morgan fingerprint density at radius 1 is 1.30 bits per heavy atom. The molecule has 0 saturated carbocycles. The van der Waals surface area contributed by atoms with E-state index in [0.29, 0.717) is 26.6 Å². The standard InChI is InChI=1S/C13H10BrCl2N3O/c1-17-11-6-7(5-10(16)19-11)13(20)18-9-4-2-3-8(15)12(9)14/h2-6H,1H3,(H,17,19)(H,18,20). The largest absolute Gasteiger partial charge is 0.373 e. The predicted molar refractivity (Wildman–Crippen MR) is 85.9 cm³/mol. The van der Waals surface area contributed by atoms with E-state index in [4.69, 9.17) is 23.2 Å². The predicted octanol–water partition coefficient (Wildman–Crippen LogP) is 4.44. The fourth-order valence-corrected chi connectivity index (χ4v) is 2.30. The number of carbonyl (C=O) groups is 1. The van der Waals surface area contributed by atoms with Crippen LogP contribution in [0.25, 0.3) is 0 Å². The van der Waals surface area contributed by atoms with Crippen molar-refractivity contribution in [3.8, 4) is 0 Å². The van der Waals surface area contributed by atoms with Crippen molar-refractivity contribution in [2.45, 2.75) is 0 Å². The first-order valence-electron chi connectivity index (χ1n) is 5.62. The van der Waals surface area contributed by atoms with E-state index in [1.807, 2.05) is 0 Å². The first-order chi connectivity index (χ1) is 9.51. The molecule has 0 aliphatic heterocycles. The molecule has 2 rings (SSSR count). The minimum Gasteiger partial charge on any atom is -0.373 e. The maximum absolute atomic E-state index is 12.2. The molecule has 0 bridgehead atoms. The average molecular weight is 375 g/mol. The molecule has 7 heteroatoms. The minimum absolute atomic E-state index is 0.243. The van der Waals surface area contributed by atoms with Gasteiger partial charge in [0.05, 0.1) is 15.2 Å². The van der Waals surface area contributed by atoms with Gasteiger partial charge in [-0.3, -0.25) is 4.79 Å². The van der Waals surface area contributed by atoms with Gasteiger partial charge in [-0.25, -0.2) is 4.98 Å². The van der Waals surface area contributed by atoms with E-state index >= 15 is 0 Å². The third-order valence-corrected chi connectivity index (χ3v) is 4.10. The van der Waals surface area contributed by atoms with E-state index < -0.39 is 0 Å². The Hall–Kier alpha value is -1.30. The second-order valence-electron chi connectivity index (χ2n) is 3.87. The lowest BCUT2D eigenvalue weighted by molar-refractivity contribution is 0.102. The highest BCUT2D eigenvalue weighted by atomic mass is 79.9. The molecule has 2 N–H and O–H groups in total. The van der Waals surface area contributed by atoms with Crippen LogP contribution in [0.1, 0.15) is 10.4 Å². The molecule has 0 fully saturated rings. The lowest BCUT2D eigenvalue weighted by Crippen LogP contribution is -2.13. The van der Waals surface area contributed by atoms with Crippen LogP contribution < -0.4 is 10.6 Å². The first-order valence-corrected chi connectivity index (χ1v) is 7.17. The SMILES string of the molecule is CNc1cc(C(=O)Nc2cccc(Cl)c2Br)cc(Cl)n1. The summed E-state index contributed by atoms with van der Waals surface area (Å²) in [5, 5.41) is 6.37. The molecule has 0 radical (unpaired) electrons. The van der Waals surface area contributed by atoms with Gasteiger partial charge in [-0.1, -0.05) is 29.3 Å². The van der Waals surface area contributed by atoms with Gasteiger partial charge in [-0.05, 0) is 40.2 Å². The molecule has 0 aliphatic carbocycles. The van der Waals surface area contributed by atoms with Gasteiger partial charge in [0.1, 0.15) is 11.0 Å². The third kappa shape index (κ3) is 3.42. The number of nitrogens with one attached hydrogen (secondary N) is 2. The van der Waals surface area contributed by atoms with Gasteiger partial charge >= 0.3 is 0 Å². The molecule has 1 heterocycles. The minimum atomic E-state index is -0.297. The number of amides is 1. The normalized spacial score (nSPS) is 10.2. The molecule has 1 aromatic heterocycles. The zero-order valence-corrected chi connectivity index (χ0v) is 13.5. The summed E-state index contributed by atoms with van der Waals surface area (Å²) in [5.74, 6) is 0.224. The van der Waals surface area contributed by atoms with Gasteiger partial charge in [0.25, 0.3) is 5.91 Å². The Bertz CT molecular complexity index is 664. The molecular weight excluding hydrogens is 365 g/mol. The second kappa shape index (κ2) is 6.43. The molecule has 104 valence electrons. The Kier molecular flexibility index (Phi) is 4.86. The summed E-state index contributed by atoms with van der Waals surface area (Å²) in [6.07, 6.45) is 0. The summed E-state index contributed by atoms with van der Waals surface area (Å²) in [4.78, 5) is 16.2. The average Bonchev–Trinajstić information content (AvgIpc) is 2.43. The van der Waals surface area contributed by atoms with Gasteiger partial charge in [-0.15, -0.1) is 0 Å². The van der Waals surface area contributed by atoms with Crippen molar-refractivity contribution in [1.82, 2.24) is 4.98 Å². The van der Waals surface area contributed by atoms with Crippen molar-refractivity contribution in [2.24, 2.45) is 0 Å². The summed E-state index contributed by atoms with van der Waals surface area (Å²) < 4.78 is 0.629. The van der Waals surface area contributed by atoms with E-state index in [-0.39, 0.29) is 11.1 Å². The Balaban J connectivity index is 2.28.